The highest BCUT2D eigenvalue weighted by Crippen LogP contribution is 2.41. The number of rotatable bonds is 4. The minimum absolute atomic E-state index is 0.0159. The van der Waals surface area contributed by atoms with E-state index < -0.39 is 6.17 Å². The number of carbonyl (C=O) groups is 1. The molecule has 4 aliphatic rings. The zero-order valence-corrected chi connectivity index (χ0v) is 17.3. The zero-order valence-electron chi connectivity index (χ0n) is 17.3. The van der Waals surface area contributed by atoms with Crippen LogP contribution in [0, 0.1) is 29.1 Å². The second-order valence-corrected chi connectivity index (χ2v) is 9.36. The number of fused-ring (bicyclic) bond motifs is 1. The van der Waals surface area contributed by atoms with Gasteiger partial charge in [0.05, 0.1) is 18.2 Å². The van der Waals surface area contributed by atoms with Gasteiger partial charge in [-0.1, -0.05) is 23.8 Å². The fraction of sp³-hybridized carbons (Fsp3) is 0.625. The number of aromatic amines is 1. The molecule has 30 heavy (non-hydrogen) atoms. The highest BCUT2D eigenvalue weighted by molar-refractivity contribution is 5.80. The van der Waals surface area contributed by atoms with Crippen molar-refractivity contribution in [1.82, 2.24) is 15.1 Å². The second kappa shape index (κ2) is 8.02. The number of aryl methyl sites for hydroxylation is 1. The summed E-state index contributed by atoms with van der Waals surface area (Å²) in [7, 11) is 0. The first kappa shape index (κ1) is 19.5. The Morgan fingerprint density at radius 3 is 2.80 bits per heavy atom. The smallest absolute Gasteiger partial charge is 0.226 e. The minimum Gasteiger partial charge on any atom is -0.336 e. The molecule has 0 radical (unpaired) electrons. The number of amides is 1. The molecule has 5 rings (SSSR count). The molecule has 158 valence electrons. The Bertz CT molecular complexity index is 909. The molecule has 0 saturated heterocycles. The molecule has 5 nitrogen and oxygen atoms in total. The fourth-order valence-electron chi connectivity index (χ4n) is 5.67. The summed E-state index contributed by atoms with van der Waals surface area (Å²) in [5.41, 5.74) is 3.51. The van der Waals surface area contributed by atoms with Gasteiger partial charge in [0.25, 0.3) is 0 Å². The molecule has 6 heteroatoms. The molecule has 1 heterocycles. The number of aromatic nitrogens is 2. The molecular formula is C24H29FN4O. The lowest BCUT2D eigenvalue weighted by atomic mass is 9.73. The van der Waals surface area contributed by atoms with E-state index in [2.05, 4.69) is 27.2 Å². The van der Waals surface area contributed by atoms with Crippen molar-refractivity contribution in [2.24, 2.45) is 17.8 Å². The molecular weight excluding hydrogens is 379 g/mol. The highest BCUT2D eigenvalue weighted by Gasteiger charge is 2.42. The lowest BCUT2D eigenvalue weighted by Crippen LogP contribution is -2.47. The summed E-state index contributed by atoms with van der Waals surface area (Å²) in [4.78, 5) is 15.7. The monoisotopic (exact) mass is 408 g/mol. The minimum atomic E-state index is -0.993. The number of hydrogen-bond acceptors (Lipinski definition) is 3. The van der Waals surface area contributed by atoms with Gasteiger partial charge in [0.1, 0.15) is 6.17 Å². The molecule has 5 atom stereocenters. The normalized spacial score (nSPS) is 33.3. The zero-order chi connectivity index (χ0) is 20.7. The molecule has 4 aliphatic carbocycles. The van der Waals surface area contributed by atoms with E-state index in [1.165, 1.54) is 11.3 Å². The van der Waals surface area contributed by atoms with Crippen LogP contribution in [0.2, 0.25) is 0 Å². The van der Waals surface area contributed by atoms with Crippen molar-refractivity contribution < 1.29 is 9.18 Å². The molecule has 1 N–H and O–H groups in total. The maximum Gasteiger partial charge on any atom is 0.226 e. The van der Waals surface area contributed by atoms with Crippen molar-refractivity contribution in [3.63, 3.8) is 0 Å². The van der Waals surface area contributed by atoms with Crippen LogP contribution in [0.25, 0.3) is 0 Å². The van der Waals surface area contributed by atoms with Gasteiger partial charge in [0.15, 0.2) is 0 Å². The van der Waals surface area contributed by atoms with Crippen LogP contribution < -0.4 is 0 Å². The van der Waals surface area contributed by atoms with Crippen LogP contribution in [0.15, 0.2) is 30.0 Å². The van der Waals surface area contributed by atoms with Gasteiger partial charge < -0.3 is 4.90 Å². The Hall–Kier alpha value is -2.42. The fourth-order valence-corrected chi connectivity index (χ4v) is 5.67. The largest absolute Gasteiger partial charge is 0.336 e. The highest BCUT2D eigenvalue weighted by atomic mass is 19.1. The number of halogens is 1. The van der Waals surface area contributed by atoms with Crippen LogP contribution in [0.3, 0.4) is 0 Å². The maximum atomic E-state index is 14.6. The van der Waals surface area contributed by atoms with Crippen LogP contribution in [-0.4, -0.2) is 39.3 Å². The lowest BCUT2D eigenvalue weighted by Gasteiger charge is -2.38. The Balaban J connectivity index is 1.28. The van der Waals surface area contributed by atoms with Crippen molar-refractivity contribution in [3.8, 4) is 6.07 Å². The average Bonchev–Trinajstić information content (AvgIpc) is 3.49. The van der Waals surface area contributed by atoms with Crippen LogP contribution in [0.5, 0.6) is 0 Å². The van der Waals surface area contributed by atoms with Gasteiger partial charge in [0.2, 0.25) is 5.91 Å². The predicted octanol–water partition coefficient (Wildman–Crippen LogP) is 4.04. The van der Waals surface area contributed by atoms with E-state index in [1.807, 2.05) is 12.3 Å². The Morgan fingerprint density at radius 1 is 1.20 bits per heavy atom. The maximum absolute atomic E-state index is 14.6. The summed E-state index contributed by atoms with van der Waals surface area (Å²) >= 11 is 0. The number of nitriles is 1. The Labute approximate surface area is 177 Å². The molecule has 1 saturated carbocycles. The van der Waals surface area contributed by atoms with Gasteiger partial charge in [-0.05, 0) is 63.4 Å². The van der Waals surface area contributed by atoms with E-state index in [4.69, 9.17) is 0 Å². The molecule has 1 amide bonds. The first-order valence-corrected chi connectivity index (χ1v) is 11.4. The number of alkyl halides is 1. The van der Waals surface area contributed by atoms with Gasteiger partial charge in [-0.2, -0.15) is 10.4 Å². The summed E-state index contributed by atoms with van der Waals surface area (Å²) in [5, 5.41) is 16.7. The number of nitrogens with one attached hydrogen (secondary N) is 1. The first-order chi connectivity index (χ1) is 14.7. The average molecular weight is 409 g/mol. The molecule has 1 aromatic heterocycles. The summed E-state index contributed by atoms with van der Waals surface area (Å²) < 4.78 is 14.6. The van der Waals surface area contributed by atoms with Crippen molar-refractivity contribution in [1.29, 1.82) is 5.26 Å². The van der Waals surface area contributed by atoms with E-state index in [-0.39, 0.29) is 29.7 Å². The first-order valence-electron chi connectivity index (χ1n) is 11.4. The summed E-state index contributed by atoms with van der Waals surface area (Å²) in [6.45, 7) is 0. The van der Waals surface area contributed by atoms with Crippen molar-refractivity contribution in [2.75, 3.05) is 0 Å². The van der Waals surface area contributed by atoms with Crippen LogP contribution in [0.4, 0.5) is 4.39 Å². The van der Waals surface area contributed by atoms with E-state index in [0.29, 0.717) is 18.9 Å². The molecule has 0 bridgehead atoms. The van der Waals surface area contributed by atoms with Crippen LogP contribution >= 0.6 is 0 Å². The topological polar surface area (TPSA) is 72.8 Å². The number of hydrogen-bond donors (Lipinski definition) is 1. The predicted molar refractivity (Wildman–Crippen MR) is 111 cm³/mol. The molecule has 1 aromatic rings. The van der Waals surface area contributed by atoms with Crippen molar-refractivity contribution >= 4 is 5.91 Å². The molecule has 0 aliphatic heterocycles. The molecule has 0 aromatic carbocycles. The third-order valence-corrected chi connectivity index (χ3v) is 7.43. The summed E-state index contributed by atoms with van der Waals surface area (Å²) in [5.74, 6) is -0.463. The number of H-pyrrole nitrogens is 1. The van der Waals surface area contributed by atoms with Gasteiger partial charge >= 0.3 is 0 Å². The Kier molecular flexibility index (Phi) is 5.22. The van der Waals surface area contributed by atoms with Crippen LogP contribution in [-0.2, 0) is 17.6 Å². The number of carbonyl (C=O) groups excluding carboxylic acids is 1. The standard InChI is InChI=1S/C24H29FN4O/c25-21-3-1-2-17(13-26)23(21)15-4-6-16(7-5-15)24(30)29(19-8-9-19)20-10-11-22-18(12-20)14-27-28-22/h1-2,4,14,16-17,19-21,23H,3,5-12H2,(H,27,28). The van der Waals surface area contributed by atoms with Gasteiger partial charge in [-0.25, -0.2) is 4.39 Å². The van der Waals surface area contributed by atoms with Crippen LogP contribution in [0.1, 0.15) is 56.2 Å². The summed E-state index contributed by atoms with van der Waals surface area (Å²) in [6.07, 6.45) is 14.2. The van der Waals surface area contributed by atoms with Gasteiger partial charge in [-0.15, -0.1) is 0 Å². The van der Waals surface area contributed by atoms with E-state index in [9.17, 15) is 14.4 Å². The lowest BCUT2D eigenvalue weighted by molar-refractivity contribution is -0.139. The Morgan fingerprint density at radius 2 is 2.07 bits per heavy atom. The van der Waals surface area contributed by atoms with Gasteiger partial charge in [-0.3, -0.25) is 9.89 Å². The molecule has 0 spiro atoms. The third kappa shape index (κ3) is 3.59. The van der Waals surface area contributed by atoms with E-state index in [0.717, 1.165) is 50.5 Å². The molecule has 1 fully saturated rings. The van der Waals surface area contributed by atoms with Crippen molar-refractivity contribution in [3.05, 3.63) is 41.3 Å². The molecule has 5 unspecified atom stereocenters. The number of allylic oxidation sites excluding steroid dienone is 4. The van der Waals surface area contributed by atoms with Gasteiger partial charge in [0, 0.05) is 29.6 Å². The third-order valence-electron chi connectivity index (χ3n) is 7.43. The SMILES string of the molecule is N#CC1C=CCC(F)C1C1=CCC(C(=O)N(C2CC2)C2CCc3[nH]ncc3C2)CC1. The number of nitrogens with zero attached hydrogens (tertiary/aromatic N) is 3. The van der Waals surface area contributed by atoms with E-state index in [1.54, 1.807) is 6.08 Å². The quantitative estimate of drug-likeness (QED) is 0.764. The van der Waals surface area contributed by atoms with E-state index >= 15 is 0 Å². The second-order valence-electron chi connectivity index (χ2n) is 9.36. The van der Waals surface area contributed by atoms with Crippen molar-refractivity contribution in [2.45, 2.75) is 76.0 Å². The summed E-state index contributed by atoms with van der Waals surface area (Å²) in [6, 6.07) is 2.91.